The molecule has 286 valence electrons. The van der Waals surface area contributed by atoms with E-state index in [-0.39, 0.29) is 5.92 Å². The lowest BCUT2D eigenvalue weighted by molar-refractivity contribution is 0.924. The Kier molecular flexibility index (Phi) is 15.2. The average molecular weight is 743 g/mol. The minimum absolute atomic E-state index is 0.249. The number of hydrogen-bond donors (Lipinski definition) is 0. The molecular formula is C57H58. The van der Waals surface area contributed by atoms with Crippen molar-refractivity contribution in [1.29, 1.82) is 0 Å². The molecule has 0 fully saturated rings. The molecule has 0 heterocycles. The van der Waals surface area contributed by atoms with Crippen molar-refractivity contribution >= 4 is 5.57 Å². The molecule has 0 aliphatic rings. The molecular weight excluding hydrogens is 685 g/mol. The van der Waals surface area contributed by atoms with Gasteiger partial charge in [0.2, 0.25) is 0 Å². The van der Waals surface area contributed by atoms with Crippen molar-refractivity contribution in [3.63, 3.8) is 0 Å². The lowest BCUT2D eigenvalue weighted by Crippen LogP contribution is -2.00. The van der Waals surface area contributed by atoms with Crippen LogP contribution in [0.25, 0.3) is 50.1 Å². The Bertz CT molecular complexity index is 2420. The van der Waals surface area contributed by atoms with Crippen LogP contribution in [-0.4, -0.2) is 0 Å². The third kappa shape index (κ3) is 10.5. The fourth-order valence-electron chi connectivity index (χ4n) is 7.25. The molecule has 0 aliphatic carbocycles. The maximum Gasteiger partial charge on any atom is 0.00671 e. The van der Waals surface area contributed by atoms with Gasteiger partial charge in [0.05, 0.1) is 0 Å². The monoisotopic (exact) mass is 742 g/mol. The van der Waals surface area contributed by atoms with Gasteiger partial charge in [0.15, 0.2) is 0 Å². The summed E-state index contributed by atoms with van der Waals surface area (Å²) in [6, 6.07) is 59.3. The molecule has 0 radical (unpaired) electrons. The van der Waals surface area contributed by atoms with Gasteiger partial charge < -0.3 is 0 Å². The molecule has 0 N–H and O–H groups in total. The Balaban J connectivity index is 0.000000346. The zero-order valence-corrected chi connectivity index (χ0v) is 35.2. The highest BCUT2D eigenvalue weighted by Crippen LogP contribution is 2.38. The van der Waals surface area contributed by atoms with Crippen molar-refractivity contribution < 1.29 is 0 Å². The Labute approximate surface area is 343 Å². The van der Waals surface area contributed by atoms with Crippen LogP contribution in [0.5, 0.6) is 0 Å². The maximum atomic E-state index is 3.88. The van der Waals surface area contributed by atoms with Crippen molar-refractivity contribution in [2.45, 2.75) is 61.3 Å². The van der Waals surface area contributed by atoms with E-state index in [4.69, 9.17) is 0 Å². The van der Waals surface area contributed by atoms with E-state index in [0.717, 1.165) is 0 Å². The predicted octanol–water partition coefficient (Wildman–Crippen LogP) is 16.6. The summed E-state index contributed by atoms with van der Waals surface area (Å²) < 4.78 is 0. The largest absolute Gasteiger partial charge is 0.0990 e. The molecule has 1 atom stereocenters. The number of allylic oxidation sites excluding steroid dienone is 5. The van der Waals surface area contributed by atoms with Gasteiger partial charge in [-0.05, 0) is 130 Å². The summed E-state index contributed by atoms with van der Waals surface area (Å²) in [5, 5.41) is 0. The molecule has 0 aliphatic heterocycles. The fraction of sp³-hybridized carbons (Fsp3) is 0.158. The molecule has 1 unspecified atom stereocenters. The molecule has 0 spiro atoms. The highest BCUT2D eigenvalue weighted by Gasteiger charge is 2.17. The van der Waals surface area contributed by atoms with Crippen LogP contribution in [0, 0.1) is 27.7 Å². The first-order valence-corrected chi connectivity index (χ1v) is 20.3. The Morgan fingerprint density at radius 1 is 0.491 bits per heavy atom. The molecule has 0 bridgehead atoms. The molecule has 7 aromatic rings. The average Bonchev–Trinajstić information content (AvgIpc) is 3.26. The molecule has 0 aromatic heterocycles. The van der Waals surface area contributed by atoms with Gasteiger partial charge >= 0.3 is 0 Å². The van der Waals surface area contributed by atoms with Crippen molar-refractivity contribution in [1.82, 2.24) is 0 Å². The lowest BCUT2D eigenvalue weighted by Gasteiger charge is -2.20. The molecule has 0 heteroatoms. The summed E-state index contributed by atoms with van der Waals surface area (Å²) >= 11 is 0. The van der Waals surface area contributed by atoms with Gasteiger partial charge in [0.1, 0.15) is 0 Å². The molecule has 0 saturated heterocycles. The van der Waals surface area contributed by atoms with E-state index < -0.39 is 0 Å². The summed E-state index contributed by atoms with van der Waals surface area (Å²) in [7, 11) is 0. The highest BCUT2D eigenvalue weighted by molar-refractivity contribution is 5.82. The standard InChI is InChI=1S/C42H40.C13H12.C2H6/c1-7-13-34(14-8-2)35-25-23-33(24-26-35)32(6)39-17-11-12-18-40(39)42-28-37(22-20-31(42)5)36-21-19-30(4)41(27-36)38-16-10-9-15-29(38)3;1-11-7-9-13(10-8-11)12-5-3-2-4-6-12;1-2/h7-28,32H,1H2,2-6H3;2-10H,1H3;1-2H3/b14-8-,34-13+;;. The van der Waals surface area contributed by atoms with Gasteiger partial charge in [-0.15, -0.1) is 0 Å². The topological polar surface area (TPSA) is 0 Å². The first-order chi connectivity index (χ1) is 27.8. The fourth-order valence-corrected chi connectivity index (χ4v) is 7.25. The second-order valence-corrected chi connectivity index (χ2v) is 14.4. The van der Waals surface area contributed by atoms with E-state index in [2.05, 4.69) is 217 Å². The van der Waals surface area contributed by atoms with Crippen LogP contribution in [-0.2, 0) is 0 Å². The van der Waals surface area contributed by atoms with E-state index in [0.29, 0.717) is 0 Å². The van der Waals surface area contributed by atoms with Crippen molar-refractivity contribution in [3.8, 4) is 44.5 Å². The van der Waals surface area contributed by atoms with Crippen LogP contribution in [0.3, 0.4) is 0 Å². The van der Waals surface area contributed by atoms with Crippen LogP contribution < -0.4 is 0 Å². The van der Waals surface area contributed by atoms with Gasteiger partial charge in [-0.3, -0.25) is 0 Å². The van der Waals surface area contributed by atoms with E-state index >= 15 is 0 Å². The Hall–Kier alpha value is -6.24. The number of hydrogen-bond acceptors (Lipinski definition) is 0. The number of rotatable bonds is 9. The van der Waals surface area contributed by atoms with Gasteiger partial charge in [0.25, 0.3) is 0 Å². The van der Waals surface area contributed by atoms with Crippen LogP contribution in [0.4, 0.5) is 0 Å². The minimum atomic E-state index is 0.249. The van der Waals surface area contributed by atoms with E-state index in [9.17, 15) is 0 Å². The molecule has 7 aromatic carbocycles. The third-order valence-corrected chi connectivity index (χ3v) is 10.5. The quantitative estimate of drug-likeness (QED) is 0.129. The van der Waals surface area contributed by atoms with Crippen molar-refractivity contribution in [2.24, 2.45) is 0 Å². The number of benzene rings is 7. The van der Waals surface area contributed by atoms with E-state index in [1.54, 1.807) is 0 Å². The summed E-state index contributed by atoms with van der Waals surface area (Å²) in [6.45, 7) is 21.0. The number of aryl methyl sites for hydroxylation is 4. The van der Waals surface area contributed by atoms with Crippen LogP contribution >= 0.6 is 0 Å². The SMILES string of the molecule is C=C/C=C(\C=C/C)c1ccc(C(C)c2ccccc2-c2cc(-c3ccc(C)c(-c4ccccc4C)c3)ccc2C)cc1.CC.Cc1ccc(-c2ccccc2)cc1. The lowest BCUT2D eigenvalue weighted by atomic mass is 9.84. The summed E-state index contributed by atoms with van der Waals surface area (Å²) in [6.07, 6.45) is 8.10. The minimum Gasteiger partial charge on any atom is -0.0990 e. The highest BCUT2D eigenvalue weighted by atomic mass is 14.2. The van der Waals surface area contributed by atoms with Crippen molar-refractivity contribution in [2.75, 3.05) is 0 Å². The predicted molar refractivity (Wildman–Crippen MR) is 252 cm³/mol. The summed E-state index contributed by atoms with van der Waals surface area (Å²) in [5.74, 6) is 0.249. The molecule has 0 amide bonds. The van der Waals surface area contributed by atoms with Gasteiger partial charge in [-0.1, -0.05) is 209 Å². The second-order valence-electron chi connectivity index (χ2n) is 14.4. The Morgan fingerprint density at radius 2 is 0.982 bits per heavy atom. The van der Waals surface area contributed by atoms with Crippen LogP contribution in [0.2, 0.25) is 0 Å². The smallest absolute Gasteiger partial charge is 0.00671 e. The van der Waals surface area contributed by atoms with E-state index in [1.807, 2.05) is 32.9 Å². The second kappa shape index (κ2) is 20.6. The van der Waals surface area contributed by atoms with Crippen LogP contribution in [0.1, 0.15) is 72.6 Å². The van der Waals surface area contributed by atoms with Crippen molar-refractivity contribution in [3.05, 3.63) is 234 Å². The first-order valence-electron chi connectivity index (χ1n) is 20.3. The maximum absolute atomic E-state index is 3.88. The zero-order valence-electron chi connectivity index (χ0n) is 35.2. The zero-order chi connectivity index (χ0) is 40.7. The molecule has 7 rings (SSSR count). The molecule has 0 nitrogen and oxygen atoms in total. The summed E-state index contributed by atoms with van der Waals surface area (Å²) in [5.41, 5.74) is 20.4. The third-order valence-electron chi connectivity index (χ3n) is 10.5. The van der Waals surface area contributed by atoms with Crippen LogP contribution in [0.15, 0.2) is 195 Å². The van der Waals surface area contributed by atoms with Gasteiger partial charge in [-0.25, -0.2) is 0 Å². The first kappa shape index (κ1) is 41.9. The summed E-state index contributed by atoms with van der Waals surface area (Å²) in [4.78, 5) is 0. The normalized spacial score (nSPS) is 11.5. The van der Waals surface area contributed by atoms with E-state index in [1.165, 1.54) is 89.0 Å². The van der Waals surface area contributed by atoms with Gasteiger partial charge in [-0.2, -0.15) is 0 Å². The Morgan fingerprint density at radius 3 is 1.56 bits per heavy atom. The van der Waals surface area contributed by atoms with Gasteiger partial charge in [0, 0.05) is 5.92 Å². The molecule has 57 heavy (non-hydrogen) atoms. The molecule has 0 saturated carbocycles.